The molecular weight excluding hydrogens is 537 g/mol. The van der Waals surface area contributed by atoms with Crippen LogP contribution in [0.1, 0.15) is 79.5 Å². The first-order valence-electron chi connectivity index (χ1n) is 13.7. The Balaban J connectivity index is 1.20. The molecule has 0 radical (unpaired) electrons. The van der Waals surface area contributed by atoms with Crippen molar-refractivity contribution in [2.45, 2.75) is 97.2 Å². The topological polar surface area (TPSA) is 89.3 Å². The van der Waals surface area contributed by atoms with Crippen molar-refractivity contribution in [2.24, 2.45) is 0 Å². The van der Waals surface area contributed by atoms with Gasteiger partial charge in [0.15, 0.2) is 5.65 Å². The Morgan fingerprint density at radius 3 is 2.48 bits per heavy atom. The maximum atomic E-state index is 14.4. The van der Waals surface area contributed by atoms with Gasteiger partial charge in [0.05, 0.1) is 40.8 Å². The third-order valence-corrected chi connectivity index (χ3v) is 8.55. The third kappa shape index (κ3) is 4.66. The number of fused-ring (bicyclic) bond motifs is 5. The first-order valence-corrected chi connectivity index (χ1v) is 14.1. The van der Waals surface area contributed by atoms with Gasteiger partial charge in [0.1, 0.15) is 23.3 Å². The van der Waals surface area contributed by atoms with E-state index in [0.717, 1.165) is 29.8 Å². The molecule has 0 N–H and O–H groups in total. The van der Waals surface area contributed by atoms with E-state index in [1.807, 2.05) is 39.5 Å². The average molecular weight is 570 g/mol. The summed E-state index contributed by atoms with van der Waals surface area (Å²) in [6.45, 7) is 9.95. The molecule has 3 aliphatic heterocycles. The van der Waals surface area contributed by atoms with E-state index in [0.29, 0.717) is 47.9 Å². The molecular formula is C29H33ClFN5O4. The fraction of sp³-hybridized carbons (Fsp3) is 0.517. The molecule has 0 saturated carbocycles. The zero-order valence-electron chi connectivity index (χ0n) is 23.3. The Morgan fingerprint density at radius 1 is 1.10 bits per heavy atom. The van der Waals surface area contributed by atoms with Crippen LogP contribution < -0.4 is 4.74 Å². The Kier molecular flexibility index (Phi) is 6.44. The van der Waals surface area contributed by atoms with Crippen LogP contribution in [0.2, 0.25) is 5.02 Å². The van der Waals surface area contributed by atoms with Crippen molar-refractivity contribution in [1.82, 2.24) is 24.4 Å². The Morgan fingerprint density at radius 2 is 1.80 bits per heavy atom. The molecule has 5 heterocycles. The Bertz CT molecular complexity index is 1520. The van der Waals surface area contributed by atoms with Gasteiger partial charge in [-0.15, -0.1) is 0 Å². The van der Waals surface area contributed by atoms with Gasteiger partial charge < -0.3 is 19.3 Å². The summed E-state index contributed by atoms with van der Waals surface area (Å²) in [6.07, 6.45) is 2.38. The van der Waals surface area contributed by atoms with E-state index >= 15 is 0 Å². The van der Waals surface area contributed by atoms with Crippen molar-refractivity contribution in [3.05, 3.63) is 57.2 Å². The summed E-state index contributed by atoms with van der Waals surface area (Å²) in [5, 5.41) is 5.23. The van der Waals surface area contributed by atoms with Gasteiger partial charge >= 0.3 is 6.09 Å². The van der Waals surface area contributed by atoms with Crippen molar-refractivity contribution in [3.63, 3.8) is 0 Å². The molecule has 2 aromatic heterocycles. The summed E-state index contributed by atoms with van der Waals surface area (Å²) in [4.78, 5) is 34.7. The quantitative estimate of drug-likeness (QED) is 0.408. The number of rotatable bonds is 3. The highest BCUT2D eigenvalue weighted by Crippen LogP contribution is 2.39. The number of hydrogen-bond donors (Lipinski definition) is 0. The molecule has 2 bridgehead atoms. The highest BCUT2D eigenvalue weighted by atomic mass is 35.5. The number of piperidine rings is 1. The maximum Gasteiger partial charge on any atom is 0.410 e. The number of ether oxygens (including phenoxy) is 2. The summed E-state index contributed by atoms with van der Waals surface area (Å²) in [5.41, 5.74) is 3.58. The number of amides is 2. The fourth-order valence-electron chi connectivity index (χ4n) is 6.21. The second kappa shape index (κ2) is 9.61. The van der Waals surface area contributed by atoms with Gasteiger partial charge in [0.2, 0.25) is 0 Å². The highest BCUT2D eigenvalue weighted by Gasteiger charge is 2.46. The van der Waals surface area contributed by atoms with Crippen LogP contribution >= 0.6 is 11.6 Å². The predicted molar refractivity (Wildman–Crippen MR) is 146 cm³/mol. The molecule has 3 atom stereocenters. The molecule has 2 fully saturated rings. The molecule has 2 amide bonds. The van der Waals surface area contributed by atoms with Crippen LogP contribution in [-0.4, -0.2) is 60.2 Å². The van der Waals surface area contributed by atoms with Crippen molar-refractivity contribution in [1.29, 1.82) is 0 Å². The lowest BCUT2D eigenvalue weighted by molar-refractivity contribution is -0.00717. The SMILES string of the molecule is Cc1nc2c3c(nn2c(C)c1Cl)CN(C(=O)c1ccc(F)cc1O[C@H]1C[C@H]2CC[C@@H](C1)N2C(=O)OC(C)(C)C)C3. The van der Waals surface area contributed by atoms with Gasteiger partial charge in [-0.1, -0.05) is 11.6 Å². The van der Waals surface area contributed by atoms with Gasteiger partial charge in [0.25, 0.3) is 5.91 Å². The van der Waals surface area contributed by atoms with Crippen molar-refractivity contribution in [3.8, 4) is 5.75 Å². The molecule has 3 aliphatic rings. The van der Waals surface area contributed by atoms with E-state index < -0.39 is 11.4 Å². The van der Waals surface area contributed by atoms with Gasteiger partial charge in [-0.2, -0.15) is 5.10 Å². The first-order chi connectivity index (χ1) is 18.9. The zero-order chi connectivity index (χ0) is 28.5. The molecule has 0 spiro atoms. The monoisotopic (exact) mass is 569 g/mol. The van der Waals surface area contributed by atoms with Crippen LogP contribution in [0.3, 0.4) is 0 Å². The molecule has 40 heavy (non-hydrogen) atoms. The van der Waals surface area contributed by atoms with E-state index in [1.54, 1.807) is 9.42 Å². The number of benzene rings is 1. The van der Waals surface area contributed by atoms with Crippen molar-refractivity contribution >= 4 is 29.2 Å². The third-order valence-electron chi connectivity index (χ3n) is 8.00. The van der Waals surface area contributed by atoms with E-state index in [2.05, 4.69) is 10.1 Å². The number of halogens is 2. The normalized spacial score (nSPS) is 22.1. The average Bonchev–Trinajstić information content (AvgIpc) is 3.51. The first kappa shape index (κ1) is 26.8. The minimum Gasteiger partial charge on any atom is -0.489 e. The summed E-state index contributed by atoms with van der Waals surface area (Å²) in [6, 6.07) is 4.01. The fourth-order valence-corrected chi connectivity index (χ4v) is 6.34. The zero-order valence-corrected chi connectivity index (χ0v) is 24.1. The maximum absolute atomic E-state index is 14.4. The number of nitrogens with zero attached hydrogens (tertiary/aromatic N) is 5. The summed E-state index contributed by atoms with van der Waals surface area (Å²) >= 11 is 6.36. The van der Waals surface area contributed by atoms with Gasteiger partial charge in [-0.3, -0.25) is 4.79 Å². The molecule has 212 valence electrons. The number of carbonyl (C=O) groups excluding carboxylic acids is 2. The smallest absolute Gasteiger partial charge is 0.410 e. The van der Waals surface area contributed by atoms with E-state index in [9.17, 15) is 14.0 Å². The largest absolute Gasteiger partial charge is 0.489 e. The van der Waals surface area contributed by atoms with Crippen LogP contribution in [0, 0.1) is 19.7 Å². The van der Waals surface area contributed by atoms with Crippen LogP contribution in [-0.2, 0) is 17.8 Å². The molecule has 11 heteroatoms. The molecule has 6 rings (SSSR count). The summed E-state index contributed by atoms with van der Waals surface area (Å²) in [5.74, 6) is -0.520. The molecule has 2 saturated heterocycles. The van der Waals surface area contributed by atoms with Crippen molar-refractivity contribution < 1.29 is 23.5 Å². The molecule has 3 aromatic rings. The van der Waals surface area contributed by atoms with Crippen LogP contribution in [0.25, 0.3) is 5.65 Å². The number of carbonyl (C=O) groups is 2. The standard InChI is InChI=1S/C29H33ClFN5O4/c1-15-25(30)16(2)36-26(32-15)22-13-34(14-23(22)33-36)27(37)21-9-6-17(31)10-24(21)39-20-11-18-7-8-19(12-20)35(18)28(38)40-29(3,4)5/h6,9-10,18-20H,7-8,11-14H2,1-5H3/t18-,19+,20+. The minimum absolute atomic E-state index is 0.0100. The molecule has 9 nitrogen and oxygen atoms in total. The van der Waals surface area contributed by atoms with Crippen molar-refractivity contribution in [2.75, 3.05) is 0 Å². The highest BCUT2D eigenvalue weighted by molar-refractivity contribution is 6.31. The molecule has 1 aromatic carbocycles. The summed E-state index contributed by atoms with van der Waals surface area (Å²) in [7, 11) is 0. The van der Waals surface area contributed by atoms with Crippen LogP contribution in [0.5, 0.6) is 5.75 Å². The van der Waals surface area contributed by atoms with Crippen LogP contribution in [0.4, 0.5) is 9.18 Å². The Hall–Kier alpha value is -3.40. The second-order valence-corrected chi connectivity index (χ2v) is 12.4. The number of aryl methyl sites for hydroxylation is 2. The van der Waals surface area contributed by atoms with Gasteiger partial charge in [0, 0.05) is 36.6 Å². The van der Waals surface area contributed by atoms with Gasteiger partial charge in [-0.25, -0.2) is 18.7 Å². The molecule has 0 aliphatic carbocycles. The Labute approximate surface area is 237 Å². The van der Waals surface area contributed by atoms with Crippen LogP contribution in [0.15, 0.2) is 18.2 Å². The van der Waals surface area contributed by atoms with E-state index in [-0.39, 0.29) is 35.9 Å². The molecule has 0 unspecified atom stereocenters. The minimum atomic E-state index is -0.569. The lowest BCUT2D eigenvalue weighted by Crippen LogP contribution is -2.50. The van der Waals surface area contributed by atoms with E-state index in [1.165, 1.54) is 18.2 Å². The van der Waals surface area contributed by atoms with Gasteiger partial charge in [-0.05, 0) is 59.6 Å². The lowest BCUT2D eigenvalue weighted by Gasteiger charge is -2.39. The van der Waals surface area contributed by atoms with E-state index in [4.69, 9.17) is 21.1 Å². The lowest BCUT2D eigenvalue weighted by atomic mass is 10.00. The summed E-state index contributed by atoms with van der Waals surface area (Å²) < 4.78 is 28.1. The second-order valence-electron chi connectivity index (χ2n) is 12.0. The number of aromatic nitrogens is 3. The number of hydrogen-bond acceptors (Lipinski definition) is 6. The predicted octanol–water partition coefficient (Wildman–Crippen LogP) is 5.60.